The predicted molar refractivity (Wildman–Crippen MR) is 85.1 cm³/mol. The molecular weight excluding hydrogens is 284 g/mol. The minimum absolute atomic E-state index is 0.0933. The molecule has 0 aromatic heterocycles. The van der Waals surface area contributed by atoms with Crippen LogP contribution in [-0.2, 0) is 6.42 Å². The summed E-state index contributed by atoms with van der Waals surface area (Å²) < 4.78 is 5.21. The number of carbonyl (C=O) groups is 1. The van der Waals surface area contributed by atoms with E-state index in [1.165, 1.54) is 0 Å². The van der Waals surface area contributed by atoms with Crippen molar-refractivity contribution in [1.82, 2.24) is 0 Å². The van der Waals surface area contributed by atoms with Gasteiger partial charge in [0.15, 0.2) is 5.78 Å². The highest BCUT2D eigenvalue weighted by Gasteiger charge is 2.21. The van der Waals surface area contributed by atoms with E-state index >= 15 is 0 Å². The Bertz CT molecular complexity index is 732. The van der Waals surface area contributed by atoms with Crippen LogP contribution in [0.15, 0.2) is 48.0 Å². The molecular formula is C18H15ClO2. The van der Waals surface area contributed by atoms with Crippen molar-refractivity contribution in [2.75, 3.05) is 7.11 Å². The number of hydrogen-bond donors (Lipinski definition) is 0. The van der Waals surface area contributed by atoms with Crippen LogP contribution in [0.2, 0.25) is 5.02 Å². The molecule has 0 spiro atoms. The molecule has 3 rings (SSSR count). The normalized spacial score (nSPS) is 15.9. The average Bonchev–Trinajstić information content (AvgIpc) is 2.52. The summed E-state index contributed by atoms with van der Waals surface area (Å²) in [5, 5.41) is 0.541. The summed E-state index contributed by atoms with van der Waals surface area (Å²) in [7, 11) is 1.58. The van der Waals surface area contributed by atoms with Crippen molar-refractivity contribution < 1.29 is 9.53 Å². The smallest absolute Gasteiger partial charge is 0.189 e. The van der Waals surface area contributed by atoms with Crippen LogP contribution >= 0.6 is 11.6 Å². The molecule has 0 saturated heterocycles. The lowest BCUT2D eigenvalue weighted by molar-refractivity contribution is 0.102. The first kappa shape index (κ1) is 13.9. The Balaban J connectivity index is 2.01. The lowest BCUT2D eigenvalue weighted by Gasteiger charge is -2.17. The molecule has 106 valence electrons. The maximum atomic E-state index is 12.5. The first-order valence-electron chi connectivity index (χ1n) is 6.86. The van der Waals surface area contributed by atoms with Gasteiger partial charge in [-0.05, 0) is 36.1 Å². The Kier molecular flexibility index (Phi) is 3.80. The lowest BCUT2D eigenvalue weighted by atomic mass is 9.86. The SMILES string of the molecule is COc1cccc(C=C2CCc3ccccc3C2=O)c1Cl. The molecule has 0 radical (unpaired) electrons. The quantitative estimate of drug-likeness (QED) is 0.760. The summed E-state index contributed by atoms with van der Waals surface area (Å²) >= 11 is 6.30. The summed E-state index contributed by atoms with van der Waals surface area (Å²) in [6.07, 6.45) is 3.50. The first-order valence-corrected chi connectivity index (χ1v) is 7.24. The molecule has 0 unspecified atom stereocenters. The third-order valence-corrected chi connectivity index (χ3v) is 4.16. The fraction of sp³-hybridized carbons (Fsp3) is 0.167. The fourth-order valence-electron chi connectivity index (χ4n) is 2.64. The molecule has 21 heavy (non-hydrogen) atoms. The molecule has 0 amide bonds. The number of ketones is 1. The first-order chi connectivity index (χ1) is 10.2. The maximum Gasteiger partial charge on any atom is 0.189 e. The molecule has 1 aliphatic carbocycles. The molecule has 0 bridgehead atoms. The topological polar surface area (TPSA) is 26.3 Å². The van der Waals surface area contributed by atoms with Gasteiger partial charge in [-0.2, -0.15) is 0 Å². The Labute approximate surface area is 129 Å². The van der Waals surface area contributed by atoms with Crippen LogP contribution in [0, 0.1) is 0 Å². The molecule has 0 N–H and O–H groups in total. The zero-order valence-electron chi connectivity index (χ0n) is 11.7. The summed E-state index contributed by atoms with van der Waals surface area (Å²) in [5.41, 5.74) is 3.54. The second-order valence-corrected chi connectivity index (χ2v) is 5.40. The van der Waals surface area contributed by atoms with Crippen molar-refractivity contribution in [3.05, 3.63) is 69.8 Å². The minimum atomic E-state index is 0.0933. The van der Waals surface area contributed by atoms with Crippen molar-refractivity contribution in [3.8, 4) is 5.75 Å². The molecule has 0 fully saturated rings. The summed E-state index contributed by atoms with van der Waals surface area (Å²) in [6, 6.07) is 13.4. The Morgan fingerprint density at radius 2 is 1.90 bits per heavy atom. The standard InChI is InChI=1S/C18H15ClO2/c1-21-16-8-4-6-13(17(16)19)11-14-10-9-12-5-2-3-7-15(12)18(14)20/h2-8,11H,9-10H2,1H3. The molecule has 3 heteroatoms. The summed E-state index contributed by atoms with van der Waals surface area (Å²) in [4.78, 5) is 12.5. The molecule has 0 saturated carbocycles. The zero-order chi connectivity index (χ0) is 14.8. The Morgan fingerprint density at radius 3 is 2.71 bits per heavy atom. The Morgan fingerprint density at radius 1 is 1.10 bits per heavy atom. The van der Waals surface area contributed by atoms with Crippen LogP contribution in [0.4, 0.5) is 0 Å². The average molecular weight is 299 g/mol. The van der Waals surface area contributed by atoms with Crippen molar-refractivity contribution in [3.63, 3.8) is 0 Å². The third kappa shape index (κ3) is 2.59. The number of aryl methyl sites for hydroxylation is 1. The molecule has 1 aliphatic rings. The van der Waals surface area contributed by atoms with Gasteiger partial charge in [-0.3, -0.25) is 4.79 Å². The molecule has 0 atom stereocenters. The largest absolute Gasteiger partial charge is 0.495 e. The number of ether oxygens (including phenoxy) is 1. The van der Waals surface area contributed by atoms with Crippen molar-refractivity contribution >= 4 is 23.5 Å². The minimum Gasteiger partial charge on any atom is -0.495 e. The summed E-state index contributed by atoms with van der Waals surface area (Å²) in [6.45, 7) is 0. The van der Waals surface area contributed by atoms with Gasteiger partial charge < -0.3 is 4.74 Å². The van der Waals surface area contributed by atoms with Gasteiger partial charge >= 0.3 is 0 Å². The number of Topliss-reactive ketones (excluding diaryl/α,β-unsaturated/α-hetero) is 1. The van der Waals surface area contributed by atoms with E-state index in [4.69, 9.17) is 16.3 Å². The molecule has 2 aromatic rings. The van der Waals surface area contributed by atoms with Crippen molar-refractivity contribution in [2.24, 2.45) is 0 Å². The highest BCUT2D eigenvalue weighted by molar-refractivity contribution is 6.33. The molecule has 0 aliphatic heterocycles. The second-order valence-electron chi connectivity index (χ2n) is 5.02. The van der Waals surface area contributed by atoms with Crippen LogP contribution in [0.5, 0.6) is 5.75 Å². The predicted octanol–water partition coefficient (Wildman–Crippen LogP) is 4.56. The number of hydrogen-bond acceptors (Lipinski definition) is 2. The van der Waals surface area contributed by atoms with E-state index in [1.807, 2.05) is 48.5 Å². The van der Waals surface area contributed by atoms with Gasteiger partial charge in [-0.25, -0.2) is 0 Å². The highest BCUT2D eigenvalue weighted by Crippen LogP contribution is 2.32. The number of methoxy groups -OCH3 is 1. The van der Waals surface area contributed by atoms with Gasteiger partial charge in [-0.1, -0.05) is 48.0 Å². The second kappa shape index (κ2) is 5.74. The van der Waals surface area contributed by atoms with Crippen LogP contribution in [0.3, 0.4) is 0 Å². The van der Waals surface area contributed by atoms with Gasteiger partial charge in [0.25, 0.3) is 0 Å². The number of rotatable bonds is 2. The van der Waals surface area contributed by atoms with Crippen LogP contribution in [0.1, 0.15) is 27.9 Å². The van der Waals surface area contributed by atoms with E-state index in [-0.39, 0.29) is 5.78 Å². The molecule has 2 aromatic carbocycles. The van der Waals surface area contributed by atoms with Crippen LogP contribution in [-0.4, -0.2) is 12.9 Å². The number of benzene rings is 2. The molecule has 2 nitrogen and oxygen atoms in total. The maximum absolute atomic E-state index is 12.5. The Hall–Kier alpha value is -2.06. The van der Waals surface area contributed by atoms with Crippen LogP contribution in [0.25, 0.3) is 6.08 Å². The zero-order valence-corrected chi connectivity index (χ0v) is 12.5. The van der Waals surface area contributed by atoms with E-state index in [0.29, 0.717) is 10.8 Å². The van der Waals surface area contributed by atoms with E-state index in [2.05, 4.69) is 0 Å². The van der Waals surface area contributed by atoms with E-state index in [0.717, 1.165) is 35.1 Å². The van der Waals surface area contributed by atoms with Crippen molar-refractivity contribution in [2.45, 2.75) is 12.8 Å². The van der Waals surface area contributed by atoms with Gasteiger partial charge in [0.1, 0.15) is 5.75 Å². The van der Waals surface area contributed by atoms with Gasteiger partial charge in [-0.15, -0.1) is 0 Å². The van der Waals surface area contributed by atoms with Gasteiger partial charge in [0.2, 0.25) is 0 Å². The van der Waals surface area contributed by atoms with Gasteiger partial charge in [0.05, 0.1) is 12.1 Å². The summed E-state index contributed by atoms with van der Waals surface area (Å²) in [5.74, 6) is 0.713. The monoisotopic (exact) mass is 298 g/mol. The number of halogens is 1. The fourth-order valence-corrected chi connectivity index (χ4v) is 2.90. The van der Waals surface area contributed by atoms with Gasteiger partial charge in [0, 0.05) is 11.1 Å². The number of fused-ring (bicyclic) bond motifs is 1. The highest BCUT2D eigenvalue weighted by atomic mass is 35.5. The molecule has 0 heterocycles. The van der Waals surface area contributed by atoms with Crippen LogP contribution < -0.4 is 4.74 Å². The number of carbonyl (C=O) groups excluding carboxylic acids is 1. The van der Waals surface area contributed by atoms with E-state index in [9.17, 15) is 4.79 Å². The van der Waals surface area contributed by atoms with E-state index in [1.54, 1.807) is 7.11 Å². The van der Waals surface area contributed by atoms with Crippen molar-refractivity contribution in [1.29, 1.82) is 0 Å². The number of allylic oxidation sites excluding steroid dienone is 1. The lowest BCUT2D eigenvalue weighted by Crippen LogP contribution is -2.13. The van der Waals surface area contributed by atoms with E-state index < -0.39 is 0 Å². The third-order valence-electron chi connectivity index (χ3n) is 3.76.